The lowest BCUT2D eigenvalue weighted by atomic mass is 10.1. The number of hydrogen-bond acceptors (Lipinski definition) is 6. The van der Waals surface area contributed by atoms with E-state index in [1.165, 1.54) is 37.4 Å². The molecule has 1 aromatic heterocycles. The first kappa shape index (κ1) is 19.0. The lowest BCUT2D eigenvalue weighted by molar-refractivity contribution is -0.122. The van der Waals surface area contributed by atoms with Gasteiger partial charge in [-0.15, -0.1) is 0 Å². The Morgan fingerprint density at radius 3 is 2.81 bits per heavy atom. The average molecular weight is 395 g/mol. The molecule has 0 bridgehead atoms. The second kappa shape index (κ2) is 7.47. The van der Waals surface area contributed by atoms with Crippen molar-refractivity contribution < 1.29 is 22.3 Å². The van der Waals surface area contributed by atoms with Crippen molar-refractivity contribution >= 4 is 15.7 Å². The quantitative estimate of drug-likeness (QED) is 0.783. The maximum atomic E-state index is 13.4. The second-order valence-corrected chi connectivity index (χ2v) is 8.46. The Hall–Kier alpha value is -2.75. The summed E-state index contributed by atoms with van der Waals surface area (Å²) >= 11 is 0. The van der Waals surface area contributed by atoms with Gasteiger partial charge < -0.3 is 10.1 Å². The van der Waals surface area contributed by atoms with Crippen molar-refractivity contribution in [1.82, 2.24) is 15.1 Å². The summed E-state index contributed by atoms with van der Waals surface area (Å²) in [5.41, 5.74) is 0.312. The first-order valence-electron chi connectivity index (χ1n) is 8.19. The molecule has 0 unspecified atom stereocenters. The molecule has 2 aromatic rings. The Morgan fingerprint density at radius 1 is 1.37 bits per heavy atom. The minimum atomic E-state index is -3.12. The second-order valence-electron chi connectivity index (χ2n) is 6.23. The molecular formula is C17H18FN3O5S. The van der Waals surface area contributed by atoms with E-state index >= 15 is 0 Å². The van der Waals surface area contributed by atoms with Gasteiger partial charge in [0.25, 0.3) is 5.56 Å². The van der Waals surface area contributed by atoms with Crippen molar-refractivity contribution in [3.05, 3.63) is 46.5 Å². The highest BCUT2D eigenvalue weighted by Gasteiger charge is 2.29. The van der Waals surface area contributed by atoms with Gasteiger partial charge in [-0.3, -0.25) is 9.59 Å². The SMILES string of the molecule is COc1cc(F)ccc1-c1ccc(=O)n(CC(=O)N[C@H]2CCS(=O)(=O)C2)n1. The summed E-state index contributed by atoms with van der Waals surface area (Å²) in [5.74, 6) is -0.804. The fourth-order valence-corrected chi connectivity index (χ4v) is 4.57. The van der Waals surface area contributed by atoms with Crippen LogP contribution in [0.25, 0.3) is 11.3 Å². The van der Waals surface area contributed by atoms with Crippen LogP contribution in [0.3, 0.4) is 0 Å². The largest absolute Gasteiger partial charge is 0.496 e. The molecular weight excluding hydrogens is 377 g/mol. The van der Waals surface area contributed by atoms with Gasteiger partial charge in [-0.25, -0.2) is 17.5 Å². The van der Waals surface area contributed by atoms with Crippen LogP contribution < -0.4 is 15.6 Å². The van der Waals surface area contributed by atoms with E-state index in [1.807, 2.05) is 0 Å². The molecule has 0 saturated carbocycles. The van der Waals surface area contributed by atoms with Crippen molar-refractivity contribution in [3.8, 4) is 17.0 Å². The van der Waals surface area contributed by atoms with Crippen LogP contribution in [-0.2, 0) is 21.2 Å². The molecule has 1 atom stereocenters. The third-order valence-corrected chi connectivity index (χ3v) is 5.97. The number of sulfone groups is 1. The Kier molecular flexibility index (Phi) is 5.26. The van der Waals surface area contributed by atoms with E-state index in [1.54, 1.807) is 0 Å². The maximum Gasteiger partial charge on any atom is 0.267 e. The molecule has 27 heavy (non-hydrogen) atoms. The molecule has 1 amide bonds. The van der Waals surface area contributed by atoms with E-state index in [4.69, 9.17) is 4.74 Å². The molecule has 0 radical (unpaired) electrons. The lowest BCUT2D eigenvalue weighted by Crippen LogP contribution is -2.40. The van der Waals surface area contributed by atoms with E-state index in [-0.39, 0.29) is 23.8 Å². The van der Waals surface area contributed by atoms with E-state index in [0.717, 1.165) is 4.68 Å². The summed E-state index contributed by atoms with van der Waals surface area (Å²) in [5, 5.41) is 6.75. The zero-order chi connectivity index (χ0) is 19.6. The maximum absolute atomic E-state index is 13.4. The molecule has 10 heteroatoms. The highest BCUT2D eigenvalue weighted by Crippen LogP contribution is 2.28. The molecule has 1 fully saturated rings. The number of aromatic nitrogens is 2. The minimum Gasteiger partial charge on any atom is -0.496 e. The summed E-state index contributed by atoms with van der Waals surface area (Å²) in [6.07, 6.45) is 0.350. The number of ether oxygens (including phenoxy) is 1. The highest BCUT2D eigenvalue weighted by atomic mass is 32.2. The standard InChI is InChI=1S/C17H18FN3O5S/c1-26-15-8-11(18)2-3-13(15)14-4-5-17(23)21(20-14)9-16(22)19-12-6-7-27(24,25)10-12/h2-5,8,12H,6-7,9-10H2,1H3,(H,19,22)/t12-/m0/s1. The minimum absolute atomic E-state index is 0.0377. The zero-order valence-electron chi connectivity index (χ0n) is 14.5. The molecule has 0 aliphatic carbocycles. The Bertz CT molecular complexity index is 1040. The van der Waals surface area contributed by atoms with Crippen LogP contribution in [0.1, 0.15) is 6.42 Å². The van der Waals surface area contributed by atoms with E-state index in [2.05, 4.69) is 10.4 Å². The van der Waals surface area contributed by atoms with Crippen LogP contribution in [0.15, 0.2) is 35.1 Å². The Morgan fingerprint density at radius 2 is 2.15 bits per heavy atom. The van der Waals surface area contributed by atoms with Gasteiger partial charge in [0, 0.05) is 23.7 Å². The molecule has 144 valence electrons. The molecule has 8 nitrogen and oxygen atoms in total. The van der Waals surface area contributed by atoms with Crippen LogP contribution in [-0.4, -0.2) is 48.8 Å². The lowest BCUT2D eigenvalue weighted by Gasteiger charge is -2.13. The normalized spacial score (nSPS) is 18.2. The van der Waals surface area contributed by atoms with Crippen LogP contribution in [0.5, 0.6) is 5.75 Å². The van der Waals surface area contributed by atoms with Crippen LogP contribution in [0.2, 0.25) is 0 Å². The zero-order valence-corrected chi connectivity index (χ0v) is 15.3. The number of hydrogen-bond donors (Lipinski definition) is 1. The van der Waals surface area contributed by atoms with Crippen LogP contribution >= 0.6 is 0 Å². The summed E-state index contributed by atoms with van der Waals surface area (Å²) in [6, 6.07) is 6.14. The molecule has 1 aromatic carbocycles. The topological polar surface area (TPSA) is 107 Å². The molecule has 0 spiro atoms. The number of halogens is 1. The van der Waals surface area contributed by atoms with Crippen molar-refractivity contribution in [2.45, 2.75) is 19.0 Å². The molecule has 1 N–H and O–H groups in total. The molecule has 1 aliphatic heterocycles. The van der Waals surface area contributed by atoms with Gasteiger partial charge in [-0.1, -0.05) is 0 Å². The van der Waals surface area contributed by atoms with Crippen LogP contribution in [0.4, 0.5) is 4.39 Å². The van der Waals surface area contributed by atoms with Gasteiger partial charge in [0.1, 0.15) is 18.1 Å². The third-order valence-electron chi connectivity index (χ3n) is 4.20. The average Bonchev–Trinajstić information content (AvgIpc) is 2.95. The van der Waals surface area contributed by atoms with Gasteiger partial charge >= 0.3 is 0 Å². The Balaban J connectivity index is 1.80. The number of amides is 1. The third kappa shape index (κ3) is 4.51. The van der Waals surface area contributed by atoms with Crippen molar-refractivity contribution in [3.63, 3.8) is 0 Å². The fraction of sp³-hybridized carbons (Fsp3) is 0.353. The Labute approximate surface area is 154 Å². The number of carbonyl (C=O) groups is 1. The fourth-order valence-electron chi connectivity index (χ4n) is 2.90. The smallest absolute Gasteiger partial charge is 0.267 e. The number of nitrogens with one attached hydrogen (secondary N) is 1. The molecule has 2 heterocycles. The predicted molar refractivity (Wildman–Crippen MR) is 95.6 cm³/mol. The summed E-state index contributed by atoms with van der Waals surface area (Å²) in [6.45, 7) is -0.354. The molecule has 3 rings (SSSR count). The first-order chi connectivity index (χ1) is 12.8. The number of nitrogens with zero attached hydrogens (tertiary/aromatic N) is 2. The number of rotatable bonds is 5. The van der Waals surface area contributed by atoms with Crippen LogP contribution in [0, 0.1) is 5.82 Å². The van der Waals surface area contributed by atoms with E-state index in [0.29, 0.717) is 17.7 Å². The van der Waals surface area contributed by atoms with E-state index in [9.17, 15) is 22.4 Å². The highest BCUT2D eigenvalue weighted by molar-refractivity contribution is 7.91. The van der Waals surface area contributed by atoms with Gasteiger partial charge in [0.2, 0.25) is 5.91 Å². The summed E-state index contributed by atoms with van der Waals surface area (Å²) < 4.78 is 42.4. The number of methoxy groups -OCH3 is 1. The first-order valence-corrected chi connectivity index (χ1v) is 10.0. The van der Waals surface area contributed by atoms with Gasteiger partial charge in [0.05, 0.1) is 24.3 Å². The summed E-state index contributed by atoms with van der Waals surface area (Å²) in [4.78, 5) is 24.2. The van der Waals surface area contributed by atoms with Crippen molar-refractivity contribution in [1.29, 1.82) is 0 Å². The van der Waals surface area contributed by atoms with Gasteiger partial charge in [-0.05, 0) is 24.6 Å². The van der Waals surface area contributed by atoms with Crippen molar-refractivity contribution in [2.24, 2.45) is 0 Å². The predicted octanol–water partition coefficient (Wildman–Crippen LogP) is 0.361. The number of carbonyl (C=O) groups excluding carboxylic acids is 1. The number of benzene rings is 1. The van der Waals surface area contributed by atoms with Gasteiger partial charge in [0.15, 0.2) is 9.84 Å². The molecule has 1 saturated heterocycles. The van der Waals surface area contributed by atoms with Crippen molar-refractivity contribution in [2.75, 3.05) is 18.6 Å². The summed E-state index contributed by atoms with van der Waals surface area (Å²) in [7, 11) is -1.73. The monoisotopic (exact) mass is 395 g/mol. The molecule has 1 aliphatic rings. The van der Waals surface area contributed by atoms with E-state index < -0.39 is 33.2 Å². The van der Waals surface area contributed by atoms with Gasteiger partial charge in [-0.2, -0.15) is 5.10 Å².